The number of hydrogen-bond donors (Lipinski definition) is 1. The molecule has 1 saturated carbocycles. The topological polar surface area (TPSA) is 55.1 Å². The highest BCUT2D eigenvalue weighted by molar-refractivity contribution is 5.91. The highest BCUT2D eigenvalue weighted by atomic mass is 16.3. The van der Waals surface area contributed by atoms with Crippen molar-refractivity contribution >= 4 is 23.1 Å². The van der Waals surface area contributed by atoms with Crippen molar-refractivity contribution in [1.29, 1.82) is 0 Å². The molecule has 1 heterocycles. The van der Waals surface area contributed by atoms with E-state index in [4.69, 9.17) is 4.42 Å². The van der Waals surface area contributed by atoms with Crippen LogP contribution < -0.4 is 5.32 Å². The van der Waals surface area contributed by atoms with Crippen LogP contribution in [0.2, 0.25) is 0 Å². The van der Waals surface area contributed by atoms with Gasteiger partial charge in [0.25, 0.3) is 0 Å². The Kier molecular flexibility index (Phi) is 3.07. The van der Waals surface area contributed by atoms with Gasteiger partial charge in [0.05, 0.1) is 0 Å². The van der Waals surface area contributed by atoms with E-state index in [2.05, 4.69) is 10.3 Å². The molecule has 1 N–H and O–H groups in total. The quantitative estimate of drug-likeness (QED) is 0.856. The largest absolute Gasteiger partial charge is 0.437 e. The predicted octanol–water partition coefficient (Wildman–Crippen LogP) is 2.76. The minimum Gasteiger partial charge on any atom is -0.437 e. The SMILES string of the molecule is CC(NC(=O)/C=C/c1nc2ccccc2o1)C1CC1. The van der Waals surface area contributed by atoms with E-state index in [1.807, 2.05) is 31.2 Å². The van der Waals surface area contributed by atoms with Gasteiger partial charge in [0, 0.05) is 18.2 Å². The molecular weight excluding hydrogens is 240 g/mol. The molecule has 0 saturated heterocycles. The molecule has 3 rings (SSSR count). The number of aromatic nitrogens is 1. The zero-order chi connectivity index (χ0) is 13.2. The highest BCUT2D eigenvalue weighted by Gasteiger charge is 2.28. The maximum Gasteiger partial charge on any atom is 0.244 e. The Balaban J connectivity index is 1.66. The van der Waals surface area contributed by atoms with E-state index in [1.54, 1.807) is 6.08 Å². The lowest BCUT2D eigenvalue weighted by molar-refractivity contribution is -0.117. The van der Waals surface area contributed by atoms with Crippen molar-refractivity contribution in [1.82, 2.24) is 10.3 Å². The van der Waals surface area contributed by atoms with E-state index in [9.17, 15) is 4.79 Å². The van der Waals surface area contributed by atoms with Crippen LogP contribution in [-0.4, -0.2) is 16.9 Å². The van der Waals surface area contributed by atoms with Gasteiger partial charge in [0.2, 0.25) is 11.8 Å². The fraction of sp³-hybridized carbons (Fsp3) is 0.333. The van der Waals surface area contributed by atoms with Crippen LogP contribution in [-0.2, 0) is 4.79 Å². The van der Waals surface area contributed by atoms with Gasteiger partial charge in [-0.1, -0.05) is 12.1 Å². The van der Waals surface area contributed by atoms with E-state index in [0.29, 0.717) is 11.8 Å². The van der Waals surface area contributed by atoms with E-state index < -0.39 is 0 Å². The predicted molar refractivity (Wildman–Crippen MR) is 73.4 cm³/mol. The summed E-state index contributed by atoms with van der Waals surface area (Å²) in [6, 6.07) is 7.79. The number of nitrogens with one attached hydrogen (secondary N) is 1. The van der Waals surface area contributed by atoms with Crippen molar-refractivity contribution in [3.8, 4) is 0 Å². The summed E-state index contributed by atoms with van der Waals surface area (Å²) >= 11 is 0. The van der Waals surface area contributed by atoms with Crippen LogP contribution in [0.25, 0.3) is 17.2 Å². The Morgan fingerprint density at radius 1 is 1.47 bits per heavy atom. The minimum atomic E-state index is -0.0957. The lowest BCUT2D eigenvalue weighted by Crippen LogP contribution is -2.32. The third kappa shape index (κ3) is 2.84. The van der Waals surface area contributed by atoms with Crippen molar-refractivity contribution in [2.24, 2.45) is 5.92 Å². The first-order valence-electron chi connectivity index (χ1n) is 6.56. The molecule has 1 fully saturated rings. The van der Waals surface area contributed by atoms with Crippen molar-refractivity contribution in [2.45, 2.75) is 25.8 Å². The highest BCUT2D eigenvalue weighted by Crippen LogP contribution is 2.32. The fourth-order valence-corrected chi connectivity index (χ4v) is 2.09. The lowest BCUT2D eigenvalue weighted by atomic mass is 10.2. The second-order valence-corrected chi connectivity index (χ2v) is 4.99. The Labute approximate surface area is 111 Å². The molecular formula is C15H16N2O2. The van der Waals surface area contributed by atoms with Crippen LogP contribution in [0.3, 0.4) is 0 Å². The summed E-state index contributed by atoms with van der Waals surface area (Å²) in [5, 5.41) is 2.95. The van der Waals surface area contributed by atoms with Gasteiger partial charge in [-0.2, -0.15) is 0 Å². The zero-order valence-electron chi connectivity index (χ0n) is 10.8. The number of hydrogen-bond acceptors (Lipinski definition) is 3. The third-order valence-corrected chi connectivity index (χ3v) is 3.39. The third-order valence-electron chi connectivity index (χ3n) is 3.39. The number of carbonyl (C=O) groups excluding carboxylic acids is 1. The van der Waals surface area contributed by atoms with Crippen molar-refractivity contribution < 1.29 is 9.21 Å². The minimum absolute atomic E-state index is 0.0957. The molecule has 4 heteroatoms. The molecule has 1 aromatic heterocycles. The Bertz CT molecular complexity index is 593. The van der Waals surface area contributed by atoms with E-state index in [1.165, 1.54) is 18.9 Å². The molecule has 4 nitrogen and oxygen atoms in total. The molecule has 1 atom stereocenters. The lowest BCUT2D eigenvalue weighted by Gasteiger charge is -2.09. The van der Waals surface area contributed by atoms with Crippen LogP contribution >= 0.6 is 0 Å². The number of benzene rings is 1. The molecule has 2 aromatic rings. The normalized spacial score (nSPS) is 16.9. The number of fused-ring (bicyclic) bond motifs is 1. The van der Waals surface area contributed by atoms with E-state index >= 15 is 0 Å². The molecule has 1 aliphatic rings. The monoisotopic (exact) mass is 256 g/mol. The standard InChI is InChI=1S/C15H16N2O2/c1-10(11-6-7-11)16-14(18)8-9-15-17-12-4-2-3-5-13(12)19-15/h2-5,8-11H,6-7H2,1H3,(H,16,18)/b9-8+. The molecule has 19 heavy (non-hydrogen) atoms. The van der Waals surface area contributed by atoms with Gasteiger partial charge >= 0.3 is 0 Å². The molecule has 0 radical (unpaired) electrons. The molecule has 1 unspecified atom stereocenters. The van der Waals surface area contributed by atoms with Crippen LogP contribution in [0.1, 0.15) is 25.7 Å². The Morgan fingerprint density at radius 3 is 3.00 bits per heavy atom. The van der Waals surface area contributed by atoms with Gasteiger partial charge in [-0.15, -0.1) is 0 Å². The number of rotatable bonds is 4. The van der Waals surface area contributed by atoms with Crippen molar-refractivity contribution in [3.05, 3.63) is 36.2 Å². The van der Waals surface area contributed by atoms with E-state index in [0.717, 1.165) is 11.1 Å². The van der Waals surface area contributed by atoms with Crippen molar-refractivity contribution in [3.63, 3.8) is 0 Å². The van der Waals surface area contributed by atoms with Gasteiger partial charge < -0.3 is 9.73 Å². The number of para-hydroxylation sites is 2. The van der Waals surface area contributed by atoms with Gasteiger partial charge in [-0.25, -0.2) is 4.98 Å². The van der Waals surface area contributed by atoms with Crippen LogP contribution in [0.4, 0.5) is 0 Å². The Morgan fingerprint density at radius 2 is 2.26 bits per heavy atom. The average Bonchev–Trinajstić information content (AvgIpc) is 3.16. The molecule has 0 spiro atoms. The average molecular weight is 256 g/mol. The Hall–Kier alpha value is -2.10. The van der Waals surface area contributed by atoms with Gasteiger partial charge in [-0.3, -0.25) is 4.79 Å². The molecule has 0 aliphatic heterocycles. The molecule has 1 aliphatic carbocycles. The molecule has 98 valence electrons. The van der Waals surface area contributed by atoms with Gasteiger partial charge in [0.1, 0.15) is 5.52 Å². The fourth-order valence-electron chi connectivity index (χ4n) is 2.09. The summed E-state index contributed by atoms with van der Waals surface area (Å²) in [7, 11) is 0. The number of carbonyl (C=O) groups is 1. The smallest absolute Gasteiger partial charge is 0.244 e. The number of nitrogens with zero attached hydrogens (tertiary/aromatic N) is 1. The van der Waals surface area contributed by atoms with Gasteiger partial charge in [0.15, 0.2) is 5.58 Å². The first-order valence-corrected chi connectivity index (χ1v) is 6.56. The maximum atomic E-state index is 11.7. The summed E-state index contributed by atoms with van der Waals surface area (Å²) in [5.74, 6) is 1.01. The molecule has 1 aromatic carbocycles. The summed E-state index contributed by atoms with van der Waals surface area (Å²) in [6.45, 7) is 2.04. The summed E-state index contributed by atoms with van der Waals surface area (Å²) in [5.41, 5.74) is 1.53. The number of oxazole rings is 1. The summed E-state index contributed by atoms with van der Waals surface area (Å²) in [4.78, 5) is 16.0. The molecule has 0 bridgehead atoms. The van der Waals surface area contributed by atoms with Crippen LogP contribution in [0.15, 0.2) is 34.8 Å². The summed E-state index contributed by atoms with van der Waals surface area (Å²) < 4.78 is 5.51. The van der Waals surface area contributed by atoms with Crippen LogP contribution in [0, 0.1) is 5.92 Å². The summed E-state index contributed by atoms with van der Waals surface area (Å²) in [6.07, 6.45) is 5.52. The zero-order valence-corrected chi connectivity index (χ0v) is 10.8. The molecule has 1 amide bonds. The second kappa shape index (κ2) is 4.88. The van der Waals surface area contributed by atoms with Crippen LogP contribution in [0.5, 0.6) is 0 Å². The van der Waals surface area contributed by atoms with Crippen molar-refractivity contribution in [2.75, 3.05) is 0 Å². The van der Waals surface area contributed by atoms with E-state index in [-0.39, 0.29) is 11.9 Å². The number of amides is 1. The maximum absolute atomic E-state index is 11.7. The van der Waals surface area contributed by atoms with Gasteiger partial charge in [-0.05, 0) is 37.8 Å². The second-order valence-electron chi connectivity index (χ2n) is 4.99. The first kappa shape index (κ1) is 12.0. The first-order chi connectivity index (χ1) is 9.22.